The summed E-state index contributed by atoms with van der Waals surface area (Å²) < 4.78 is 5.75. The smallest absolute Gasteiger partial charge is 0.349 e. The van der Waals surface area contributed by atoms with Crippen LogP contribution in [0, 0.1) is 0 Å². The van der Waals surface area contributed by atoms with Crippen molar-refractivity contribution in [1.82, 2.24) is 9.80 Å². The largest absolute Gasteiger partial charge is 0.465 e. The van der Waals surface area contributed by atoms with Crippen molar-refractivity contribution in [3.05, 3.63) is 99.9 Å². The average Bonchev–Trinajstić information content (AvgIpc) is 3.25. The SMILES string of the molecule is COC(=O)c1sc2cc(NC(=S)N3CCN(C(c4ccccc4)c4ccccc4)CC3)ccc2c1Cl. The molecule has 1 N–H and O–H groups in total. The Balaban J connectivity index is 1.27. The fourth-order valence-electron chi connectivity index (χ4n) is 4.64. The van der Waals surface area contributed by atoms with Gasteiger partial charge in [-0.25, -0.2) is 4.79 Å². The maximum absolute atomic E-state index is 12.0. The number of nitrogens with one attached hydrogen (secondary N) is 1. The van der Waals surface area contributed by atoms with Gasteiger partial charge in [-0.3, -0.25) is 4.90 Å². The van der Waals surface area contributed by atoms with Crippen LogP contribution in [0.3, 0.4) is 0 Å². The molecule has 0 aliphatic carbocycles. The monoisotopic (exact) mass is 535 g/mol. The van der Waals surface area contributed by atoms with E-state index in [2.05, 4.69) is 75.8 Å². The first-order chi connectivity index (χ1) is 17.5. The predicted molar refractivity (Wildman–Crippen MR) is 152 cm³/mol. The topological polar surface area (TPSA) is 44.8 Å². The molecule has 4 aromatic rings. The highest BCUT2D eigenvalue weighted by atomic mass is 35.5. The zero-order valence-electron chi connectivity index (χ0n) is 19.8. The third kappa shape index (κ3) is 5.11. The van der Waals surface area contributed by atoms with Gasteiger partial charge in [0.2, 0.25) is 0 Å². The van der Waals surface area contributed by atoms with E-state index in [1.165, 1.54) is 29.6 Å². The third-order valence-electron chi connectivity index (χ3n) is 6.45. The van der Waals surface area contributed by atoms with Crippen molar-refractivity contribution in [3.63, 3.8) is 0 Å². The molecule has 5 rings (SSSR count). The van der Waals surface area contributed by atoms with E-state index >= 15 is 0 Å². The van der Waals surface area contributed by atoms with Crippen molar-refractivity contribution in [2.75, 3.05) is 38.6 Å². The van der Waals surface area contributed by atoms with E-state index in [-0.39, 0.29) is 6.04 Å². The summed E-state index contributed by atoms with van der Waals surface area (Å²) in [4.78, 5) is 17.1. The second kappa shape index (κ2) is 11.0. The van der Waals surface area contributed by atoms with Crippen LogP contribution >= 0.6 is 35.2 Å². The number of anilines is 1. The Morgan fingerprint density at radius 3 is 2.17 bits per heavy atom. The molecule has 2 heterocycles. The van der Waals surface area contributed by atoms with Crippen molar-refractivity contribution in [3.8, 4) is 0 Å². The number of rotatable bonds is 5. The van der Waals surface area contributed by atoms with Gasteiger partial charge in [-0.05, 0) is 41.5 Å². The number of carbonyl (C=O) groups excluding carboxylic acids is 1. The quantitative estimate of drug-likeness (QED) is 0.234. The molecular formula is C28H26ClN3O2S2. The summed E-state index contributed by atoms with van der Waals surface area (Å²) in [5, 5.41) is 5.33. The second-order valence-corrected chi connectivity index (χ2v) is 10.4. The highest BCUT2D eigenvalue weighted by Crippen LogP contribution is 2.37. The molecule has 1 saturated heterocycles. The molecule has 0 radical (unpaired) electrons. The van der Waals surface area contributed by atoms with E-state index in [4.69, 9.17) is 28.6 Å². The first-order valence-corrected chi connectivity index (χ1v) is 13.4. The molecule has 0 saturated carbocycles. The molecule has 0 bridgehead atoms. The summed E-state index contributed by atoms with van der Waals surface area (Å²) >= 11 is 13.5. The highest BCUT2D eigenvalue weighted by molar-refractivity contribution is 7.80. The Hall–Kier alpha value is -2.97. The molecule has 1 fully saturated rings. The van der Waals surface area contributed by atoms with Gasteiger partial charge in [0.15, 0.2) is 5.11 Å². The van der Waals surface area contributed by atoms with Crippen LogP contribution in [-0.4, -0.2) is 54.2 Å². The molecule has 0 spiro atoms. The number of halogens is 1. The number of hydrogen-bond donors (Lipinski definition) is 1. The number of thiophene rings is 1. The van der Waals surface area contributed by atoms with Gasteiger partial charge in [0.25, 0.3) is 0 Å². The fourth-order valence-corrected chi connectivity index (χ4v) is 6.40. The minimum absolute atomic E-state index is 0.214. The number of piperazine rings is 1. The molecule has 0 amide bonds. The first-order valence-electron chi connectivity index (χ1n) is 11.8. The standard InChI is InChI=1S/C28H26ClN3O2S2/c1-34-27(33)26-24(29)22-13-12-21(18-23(22)36-26)30-28(35)32-16-14-31(15-17-32)25(19-8-4-2-5-9-19)20-10-6-3-7-11-20/h2-13,18,25H,14-17H2,1H3,(H,30,35). The van der Waals surface area contributed by atoms with Crippen LogP contribution in [0.2, 0.25) is 5.02 Å². The maximum atomic E-state index is 12.0. The van der Waals surface area contributed by atoms with Crippen molar-refractivity contribution in [1.29, 1.82) is 0 Å². The molecule has 1 aliphatic rings. The van der Waals surface area contributed by atoms with Gasteiger partial charge in [-0.1, -0.05) is 72.3 Å². The summed E-state index contributed by atoms with van der Waals surface area (Å²) in [5.74, 6) is -0.423. The molecular weight excluding hydrogens is 510 g/mol. The van der Waals surface area contributed by atoms with E-state index < -0.39 is 5.97 Å². The van der Waals surface area contributed by atoms with Crippen molar-refractivity contribution >= 4 is 62.0 Å². The summed E-state index contributed by atoms with van der Waals surface area (Å²) in [6, 6.07) is 27.4. The van der Waals surface area contributed by atoms with Gasteiger partial charge in [0, 0.05) is 42.0 Å². The lowest BCUT2D eigenvalue weighted by molar-refractivity contribution is 0.0606. The molecule has 0 unspecified atom stereocenters. The van der Waals surface area contributed by atoms with Crippen LogP contribution < -0.4 is 5.32 Å². The number of nitrogens with zero attached hydrogens (tertiary/aromatic N) is 2. The lowest BCUT2D eigenvalue weighted by Gasteiger charge is -2.40. The van der Waals surface area contributed by atoms with E-state index in [1.807, 2.05) is 18.2 Å². The van der Waals surface area contributed by atoms with E-state index in [9.17, 15) is 4.79 Å². The molecule has 36 heavy (non-hydrogen) atoms. The van der Waals surface area contributed by atoms with E-state index in [1.54, 1.807) is 0 Å². The molecule has 1 aromatic heterocycles. The number of esters is 1. The Kier molecular flexibility index (Phi) is 7.53. The van der Waals surface area contributed by atoms with Crippen LogP contribution in [0.4, 0.5) is 5.69 Å². The summed E-state index contributed by atoms with van der Waals surface area (Å²) in [7, 11) is 1.36. The molecule has 5 nitrogen and oxygen atoms in total. The van der Waals surface area contributed by atoms with Crippen molar-refractivity contribution in [2.24, 2.45) is 0 Å². The zero-order chi connectivity index (χ0) is 25.1. The van der Waals surface area contributed by atoms with Gasteiger partial charge >= 0.3 is 5.97 Å². The lowest BCUT2D eigenvalue weighted by atomic mass is 9.96. The van der Waals surface area contributed by atoms with Crippen LogP contribution in [0.5, 0.6) is 0 Å². The first kappa shape index (κ1) is 24.7. The van der Waals surface area contributed by atoms with Crippen LogP contribution in [0.25, 0.3) is 10.1 Å². The van der Waals surface area contributed by atoms with Gasteiger partial charge in [0.05, 0.1) is 18.2 Å². The Bertz CT molecular complexity index is 1330. The zero-order valence-corrected chi connectivity index (χ0v) is 22.2. The Labute approximate surface area is 225 Å². The minimum atomic E-state index is -0.423. The fraction of sp³-hybridized carbons (Fsp3) is 0.214. The number of ether oxygens (including phenoxy) is 1. The van der Waals surface area contributed by atoms with E-state index in [0.29, 0.717) is 15.0 Å². The van der Waals surface area contributed by atoms with Crippen LogP contribution in [-0.2, 0) is 4.74 Å². The second-order valence-electron chi connectivity index (χ2n) is 8.62. The molecule has 184 valence electrons. The normalized spacial score (nSPS) is 14.2. The van der Waals surface area contributed by atoms with Gasteiger partial charge < -0.3 is 15.0 Å². The van der Waals surface area contributed by atoms with Gasteiger partial charge in [0.1, 0.15) is 4.88 Å². The predicted octanol–water partition coefficient (Wildman–Crippen LogP) is 6.45. The molecule has 8 heteroatoms. The van der Waals surface area contributed by atoms with Gasteiger partial charge in [-0.15, -0.1) is 11.3 Å². The summed E-state index contributed by atoms with van der Waals surface area (Å²) in [6.07, 6.45) is 0. The number of hydrogen-bond acceptors (Lipinski definition) is 5. The molecule has 0 atom stereocenters. The number of thiocarbonyl (C=S) groups is 1. The number of fused-ring (bicyclic) bond motifs is 1. The number of methoxy groups -OCH3 is 1. The summed E-state index contributed by atoms with van der Waals surface area (Å²) in [5.41, 5.74) is 3.47. The highest BCUT2D eigenvalue weighted by Gasteiger charge is 2.27. The number of carbonyl (C=O) groups is 1. The van der Waals surface area contributed by atoms with Crippen LogP contribution in [0.15, 0.2) is 78.9 Å². The third-order valence-corrected chi connectivity index (χ3v) is 8.45. The van der Waals surface area contributed by atoms with Crippen LogP contribution in [0.1, 0.15) is 26.8 Å². The van der Waals surface area contributed by atoms with Crippen molar-refractivity contribution < 1.29 is 9.53 Å². The molecule has 1 aliphatic heterocycles. The average molecular weight is 536 g/mol. The Morgan fingerprint density at radius 2 is 1.58 bits per heavy atom. The van der Waals surface area contributed by atoms with E-state index in [0.717, 1.165) is 42.0 Å². The number of benzene rings is 3. The lowest BCUT2D eigenvalue weighted by Crippen LogP contribution is -2.50. The summed E-state index contributed by atoms with van der Waals surface area (Å²) in [6.45, 7) is 3.47. The minimum Gasteiger partial charge on any atom is -0.465 e. The van der Waals surface area contributed by atoms with Gasteiger partial charge in [-0.2, -0.15) is 0 Å². The van der Waals surface area contributed by atoms with Crippen molar-refractivity contribution in [2.45, 2.75) is 6.04 Å². The Morgan fingerprint density at radius 1 is 0.972 bits per heavy atom. The molecule has 3 aromatic carbocycles. The maximum Gasteiger partial charge on any atom is 0.349 e.